The van der Waals surface area contributed by atoms with Crippen LogP contribution in [0.4, 0.5) is 0 Å². The molecular formula is C19H24N4O3S. The van der Waals surface area contributed by atoms with Gasteiger partial charge in [-0.25, -0.2) is 13.4 Å². The molecule has 7 nitrogen and oxygen atoms in total. The zero-order chi connectivity index (χ0) is 19.0. The molecule has 2 aliphatic rings. The highest BCUT2D eigenvalue weighted by Crippen LogP contribution is 2.29. The molecule has 2 atom stereocenters. The first-order chi connectivity index (χ1) is 13.0. The van der Waals surface area contributed by atoms with Crippen LogP contribution in [0.1, 0.15) is 28.5 Å². The molecule has 27 heavy (non-hydrogen) atoms. The minimum atomic E-state index is -3.16. The second-order valence-corrected chi connectivity index (χ2v) is 9.46. The molecule has 144 valence electrons. The average Bonchev–Trinajstić information content (AvgIpc) is 3.28. The fourth-order valence-corrected chi connectivity index (χ4v) is 6.12. The number of rotatable bonds is 4. The van der Waals surface area contributed by atoms with E-state index in [9.17, 15) is 13.2 Å². The molecule has 3 heterocycles. The molecule has 4 rings (SSSR count). The SMILES string of the molecule is CCc1ccc(C(=O)N2CCN(Cc3cnc[nH]3)[C@@H]3CS(=O)(=O)C[C@@H]32)cc1. The van der Waals surface area contributed by atoms with Crippen molar-refractivity contribution < 1.29 is 13.2 Å². The summed E-state index contributed by atoms with van der Waals surface area (Å²) in [7, 11) is -3.16. The number of piperazine rings is 1. The minimum absolute atomic E-state index is 0.0376. The lowest BCUT2D eigenvalue weighted by atomic mass is 10.0. The Kier molecular flexibility index (Phi) is 4.77. The zero-order valence-electron chi connectivity index (χ0n) is 15.3. The van der Waals surface area contributed by atoms with Crippen molar-refractivity contribution in [2.24, 2.45) is 0 Å². The number of fused-ring (bicyclic) bond motifs is 1. The molecule has 8 heteroatoms. The molecule has 0 aliphatic carbocycles. The first-order valence-electron chi connectivity index (χ1n) is 9.28. The van der Waals surface area contributed by atoms with Crippen LogP contribution in [-0.4, -0.2) is 70.8 Å². The molecule has 0 saturated carbocycles. The highest BCUT2D eigenvalue weighted by Gasteiger charge is 2.48. The molecule has 1 aromatic carbocycles. The summed E-state index contributed by atoms with van der Waals surface area (Å²) in [5.41, 5.74) is 2.75. The maximum Gasteiger partial charge on any atom is 0.254 e. The molecule has 2 fully saturated rings. The maximum atomic E-state index is 13.1. The number of carbonyl (C=O) groups is 1. The Labute approximate surface area is 159 Å². The van der Waals surface area contributed by atoms with E-state index in [1.807, 2.05) is 24.3 Å². The monoisotopic (exact) mass is 388 g/mol. The van der Waals surface area contributed by atoms with E-state index in [1.54, 1.807) is 17.4 Å². The van der Waals surface area contributed by atoms with E-state index >= 15 is 0 Å². The van der Waals surface area contributed by atoms with E-state index < -0.39 is 9.84 Å². The summed E-state index contributed by atoms with van der Waals surface area (Å²) in [5, 5.41) is 0. The van der Waals surface area contributed by atoms with Gasteiger partial charge in [0.2, 0.25) is 0 Å². The Morgan fingerprint density at radius 1 is 1.19 bits per heavy atom. The summed E-state index contributed by atoms with van der Waals surface area (Å²) < 4.78 is 24.7. The van der Waals surface area contributed by atoms with Crippen LogP contribution < -0.4 is 0 Å². The van der Waals surface area contributed by atoms with Crippen molar-refractivity contribution in [1.82, 2.24) is 19.8 Å². The highest BCUT2D eigenvalue weighted by atomic mass is 32.2. The van der Waals surface area contributed by atoms with Gasteiger partial charge in [0.25, 0.3) is 5.91 Å². The fourth-order valence-electron chi connectivity index (χ4n) is 4.11. The number of nitrogens with zero attached hydrogens (tertiary/aromatic N) is 3. The van der Waals surface area contributed by atoms with Crippen molar-refractivity contribution in [2.75, 3.05) is 24.6 Å². The molecule has 0 bridgehead atoms. The van der Waals surface area contributed by atoms with Crippen molar-refractivity contribution >= 4 is 15.7 Å². The van der Waals surface area contributed by atoms with Gasteiger partial charge in [0.05, 0.1) is 23.9 Å². The van der Waals surface area contributed by atoms with Crippen LogP contribution in [0, 0.1) is 0 Å². The summed E-state index contributed by atoms with van der Waals surface area (Å²) in [5.74, 6) is 0.0613. The number of aromatic nitrogens is 2. The van der Waals surface area contributed by atoms with Crippen LogP contribution in [0.2, 0.25) is 0 Å². The minimum Gasteiger partial charge on any atom is -0.347 e. The van der Waals surface area contributed by atoms with E-state index in [0.717, 1.165) is 12.1 Å². The number of carbonyl (C=O) groups excluding carboxylic acids is 1. The Hall–Kier alpha value is -2.19. The van der Waals surface area contributed by atoms with E-state index in [2.05, 4.69) is 21.8 Å². The van der Waals surface area contributed by atoms with Crippen molar-refractivity contribution in [3.63, 3.8) is 0 Å². The van der Waals surface area contributed by atoms with Crippen molar-refractivity contribution in [1.29, 1.82) is 0 Å². The van der Waals surface area contributed by atoms with Crippen LogP contribution in [-0.2, 0) is 22.8 Å². The average molecular weight is 388 g/mol. The molecule has 0 radical (unpaired) electrons. The third-order valence-corrected chi connectivity index (χ3v) is 7.29. The summed E-state index contributed by atoms with van der Waals surface area (Å²) in [6.07, 6.45) is 4.30. The van der Waals surface area contributed by atoms with Gasteiger partial charge in [-0.2, -0.15) is 0 Å². The molecule has 1 amide bonds. The summed E-state index contributed by atoms with van der Waals surface area (Å²) >= 11 is 0. The standard InChI is InChI=1S/C19H24N4O3S/c1-2-14-3-5-15(6-4-14)19(24)23-8-7-22(10-16-9-20-13-21-16)17-11-27(25,26)12-18(17)23/h3-6,9,13,17-18H,2,7-8,10-12H2,1H3,(H,20,21)/t17-,18+/m1/s1. The zero-order valence-corrected chi connectivity index (χ0v) is 16.2. The maximum absolute atomic E-state index is 13.1. The molecule has 0 spiro atoms. The van der Waals surface area contributed by atoms with Crippen LogP contribution in [0.5, 0.6) is 0 Å². The number of imidazole rings is 1. The van der Waals surface area contributed by atoms with E-state index in [1.165, 1.54) is 5.56 Å². The van der Waals surface area contributed by atoms with Crippen LogP contribution in [0.3, 0.4) is 0 Å². The third-order valence-electron chi connectivity index (χ3n) is 5.59. The molecule has 2 aromatic rings. The van der Waals surface area contributed by atoms with Gasteiger partial charge in [-0.3, -0.25) is 9.69 Å². The Bertz CT molecular complexity index is 909. The van der Waals surface area contributed by atoms with Crippen molar-refractivity contribution in [3.05, 3.63) is 53.6 Å². The highest BCUT2D eigenvalue weighted by molar-refractivity contribution is 7.91. The lowest BCUT2D eigenvalue weighted by molar-refractivity contribution is 0.0303. The number of H-pyrrole nitrogens is 1. The number of hydrogen-bond donors (Lipinski definition) is 1. The molecule has 1 aromatic heterocycles. The van der Waals surface area contributed by atoms with Crippen molar-refractivity contribution in [3.8, 4) is 0 Å². The van der Waals surface area contributed by atoms with Crippen LogP contribution >= 0.6 is 0 Å². The largest absolute Gasteiger partial charge is 0.347 e. The number of sulfone groups is 1. The van der Waals surface area contributed by atoms with Gasteiger partial charge in [-0.05, 0) is 24.1 Å². The number of hydrogen-bond acceptors (Lipinski definition) is 5. The van der Waals surface area contributed by atoms with Gasteiger partial charge in [0.1, 0.15) is 0 Å². The van der Waals surface area contributed by atoms with Crippen molar-refractivity contribution in [2.45, 2.75) is 32.0 Å². The second kappa shape index (κ2) is 7.09. The van der Waals surface area contributed by atoms with Crippen LogP contribution in [0.25, 0.3) is 0 Å². The number of nitrogens with one attached hydrogen (secondary N) is 1. The predicted molar refractivity (Wildman–Crippen MR) is 102 cm³/mol. The number of benzene rings is 1. The molecular weight excluding hydrogens is 364 g/mol. The Balaban J connectivity index is 1.57. The van der Waals surface area contributed by atoms with Gasteiger partial charge in [0, 0.05) is 43.1 Å². The predicted octanol–water partition coefficient (Wildman–Crippen LogP) is 1.10. The number of amides is 1. The van der Waals surface area contributed by atoms with Gasteiger partial charge >= 0.3 is 0 Å². The first kappa shape index (κ1) is 18.2. The van der Waals surface area contributed by atoms with Gasteiger partial charge in [-0.1, -0.05) is 19.1 Å². The molecule has 0 unspecified atom stereocenters. The van der Waals surface area contributed by atoms with E-state index in [0.29, 0.717) is 25.2 Å². The molecule has 2 aliphatic heterocycles. The van der Waals surface area contributed by atoms with Crippen LogP contribution in [0.15, 0.2) is 36.8 Å². The topological polar surface area (TPSA) is 86.4 Å². The summed E-state index contributed by atoms with van der Waals surface area (Å²) in [4.78, 5) is 24.1. The Morgan fingerprint density at radius 2 is 1.93 bits per heavy atom. The molecule has 2 saturated heterocycles. The normalized spacial score (nSPS) is 24.7. The summed E-state index contributed by atoms with van der Waals surface area (Å²) in [6.45, 7) is 3.86. The summed E-state index contributed by atoms with van der Waals surface area (Å²) in [6, 6.07) is 7.14. The molecule has 1 N–H and O–H groups in total. The lowest BCUT2D eigenvalue weighted by Crippen LogP contribution is -2.60. The Morgan fingerprint density at radius 3 is 2.59 bits per heavy atom. The first-order valence-corrected chi connectivity index (χ1v) is 11.1. The smallest absolute Gasteiger partial charge is 0.254 e. The third kappa shape index (κ3) is 3.64. The van der Waals surface area contributed by atoms with E-state index in [-0.39, 0.29) is 29.5 Å². The van der Waals surface area contributed by atoms with Gasteiger partial charge < -0.3 is 9.88 Å². The number of aryl methyl sites for hydroxylation is 1. The quantitative estimate of drug-likeness (QED) is 0.848. The van der Waals surface area contributed by atoms with Gasteiger partial charge in [0.15, 0.2) is 9.84 Å². The van der Waals surface area contributed by atoms with E-state index in [4.69, 9.17) is 0 Å². The number of aromatic amines is 1. The van der Waals surface area contributed by atoms with Gasteiger partial charge in [-0.15, -0.1) is 0 Å². The fraction of sp³-hybridized carbons (Fsp3) is 0.474. The second-order valence-electron chi connectivity index (χ2n) is 7.31. The lowest BCUT2D eigenvalue weighted by Gasteiger charge is -2.43.